The number of rotatable bonds is 21. The molecule has 0 spiro atoms. The maximum absolute atomic E-state index is 13.2. The summed E-state index contributed by atoms with van der Waals surface area (Å²) in [6.07, 6.45) is 8.19. The van der Waals surface area contributed by atoms with Gasteiger partial charge in [-0.3, -0.25) is 34.2 Å². The van der Waals surface area contributed by atoms with Crippen molar-refractivity contribution in [2.75, 3.05) is 85.8 Å². The van der Waals surface area contributed by atoms with E-state index in [4.69, 9.17) is 55.5 Å². The largest absolute Gasteiger partial charge is 0.383 e. The van der Waals surface area contributed by atoms with Gasteiger partial charge in [0.05, 0.1) is 82.8 Å². The van der Waals surface area contributed by atoms with Crippen molar-refractivity contribution in [3.63, 3.8) is 0 Å². The van der Waals surface area contributed by atoms with Crippen LogP contribution in [0.2, 0.25) is 0 Å². The fraction of sp³-hybridized carbons (Fsp3) is 0.327. The Morgan fingerprint density at radius 1 is 0.403 bits per heavy atom. The van der Waals surface area contributed by atoms with Crippen molar-refractivity contribution in [3.05, 3.63) is 234 Å². The van der Waals surface area contributed by atoms with Crippen molar-refractivity contribution in [2.24, 2.45) is 11.8 Å². The van der Waals surface area contributed by atoms with E-state index in [1.165, 1.54) is 19.0 Å². The molecule has 0 unspecified atom stereocenters. The van der Waals surface area contributed by atoms with Crippen LogP contribution in [0.25, 0.3) is 83.9 Å². The molecule has 18 rings (SSSR count). The van der Waals surface area contributed by atoms with Crippen LogP contribution in [-0.2, 0) is 59.4 Å². The molecule has 15 aromatic rings. The van der Waals surface area contributed by atoms with Gasteiger partial charge in [0.1, 0.15) is 70.8 Å². The molecular formula is C98H107N25O11. The normalized spacial score (nSPS) is 14.1. The summed E-state index contributed by atoms with van der Waals surface area (Å²) >= 11 is 0. The molecule has 134 heavy (non-hydrogen) atoms. The Morgan fingerprint density at radius 2 is 0.731 bits per heavy atom. The molecule has 3 fully saturated rings. The van der Waals surface area contributed by atoms with Crippen LogP contribution in [0.5, 0.6) is 0 Å². The van der Waals surface area contributed by atoms with E-state index in [1.807, 2.05) is 175 Å². The van der Waals surface area contributed by atoms with Gasteiger partial charge in [-0.15, -0.1) is 0 Å². The topological polar surface area (TPSA) is 474 Å². The summed E-state index contributed by atoms with van der Waals surface area (Å²) in [5.74, 6) is 3.52. The van der Waals surface area contributed by atoms with Crippen LogP contribution in [-0.4, -0.2) is 179 Å². The lowest BCUT2D eigenvalue weighted by Gasteiger charge is -2.34. The first-order valence-electron chi connectivity index (χ1n) is 44.5. The average Bonchev–Trinajstić information content (AvgIpc) is 1.62. The number of aromatic nitrogens is 15. The molecule has 6 amide bonds. The molecule has 36 heteroatoms. The highest BCUT2D eigenvalue weighted by Crippen LogP contribution is 2.38. The maximum Gasteiger partial charge on any atom is 0.265 e. The van der Waals surface area contributed by atoms with Gasteiger partial charge in [0.25, 0.3) is 17.7 Å². The van der Waals surface area contributed by atoms with Crippen molar-refractivity contribution in [1.29, 1.82) is 0 Å². The van der Waals surface area contributed by atoms with Crippen LogP contribution in [0.1, 0.15) is 167 Å². The number of nitrogen functional groups attached to an aromatic ring is 3. The molecule has 11 N–H and O–H groups in total. The number of carbonyl (C=O) groups excluding carboxylic acids is 6. The number of hydrogen-bond acceptors (Lipinski definition) is 27. The third-order valence-corrected chi connectivity index (χ3v) is 23.4. The molecule has 3 saturated heterocycles. The van der Waals surface area contributed by atoms with Gasteiger partial charge in [0.15, 0.2) is 16.9 Å². The molecule has 0 aliphatic carbocycles. The monoisotopic (exact) mass is 1810 g/mol. The van der Waals surface area contributed by atoms with Gasteiger partial charge in [-0.2, -0.15) is 15.3 Å². The summed E-state index contributed by atoms with van der Waals surface area (Å²) < 4.78 is 31.9. The Bertz CT molecular complexity index is 6470. The number of piperidine rings is 1. The van der Waals surface area contributed by atoms with Gasteiger partial charge in [-0.25, -0.2) is 49.0 Å². The molecule has 0 bridgehead atoms. The number of hydrogen-bond donors (Lipinski definition) is 8. The third-order valence-electron chi connectivity index (χ3n) is 23.4. The number of anilines is 6. The maximum atomic E-state index is 13.2. The number of amides is 6. The van der Waals surface area contributed by atoms with Crippen LogP contribution >= 0.6 is 0 Å². The Hall–Kier alpha value is -15.3. The lowest BCUT2D eigenvalue weighted by atomic mass is 9.86. The van der Waals surface area contributed by atoms with Gasteiger partial charge in [0, 0.05) is 130 Å². The number of likely N-dealkylation sites (tertiary alicyclic amines) is 1. The van der Waals surface area contributed by atoms with E-state index >= 15 is 0 Å². The van der Waals surface area contributed by atoms with E-state index < -0.39 is 0 Å². The Labute approximate surface area is 771 Å². The number of nitrogens with one attached hydrogen (secondary N) is 5. The smallest absolute Gasteiger partial charge is 0.265 e. The summed E-state index contributed by atoms with van der Waals surface area (Å²) in [5.41, 5.74) is 34.5. The zero-order valence-corrected chi connectivity index (χ0v) is 76.5. The molecular weight excluding hydrogens is 1700 g/mol. The standard InChI is InChI=1S/C35H40N8O3.C32H34N8O4.C31H33N9O4/c1-21(2)22-14-16-42(17-15-22)34(45)24-8-6-23(7-9-24)31-30-32(36)37-20-38-33(30)43(40-31)27-12-10-25(11-13-27)39-29(44)19-26-18-28(46-41-26)35(3,4)5;1-32(2,3)25-16-23(39-44-25)17-26(41)36-21-8-10-24(11-9-21)40-30-27(29(33)34-18-35-30)28(38-40)19-4-6-20(7-5-19)31(42)37-22-12-14-43-15-13-22;1-31(2,3)24-16-22(38-44-24)17-25(41)35-21-8-10-23(11-9-21)40-29-26(28(32)33-18-34-29)27(36-40)19-4-6-20(7-5-19)30(42)37-39-12-14-43-15-13-39/h6-13,18,20-22H,14-17,19H2,1-5H3,(H,39,44)(H2,36,37,38);4-11,16,18,22H,12-15,17H2,1-3H3,(H,36,41)(H,37,42)(H2,33,34,35);4-11,16,18H,12-15,17H2,1-3H3,(H,35,41)(H,37,42)(H2,32,33,34). The van der Waals surface area contributed by atoms with Crippen LogP contribution in [0.3, 0.4) is 0 Å². The van der Waals surface area contributed by atoms with Crippen molar-refractivity contribution in [1.82, 2.24) is 95.4 Å². The molecule has 0 atom stereocenters. The highest BCUT2D eigenvalue weighted by Gasteiger charge is 2.31. The van der Waals surface area contributed by atoms with Crippen LogP contribution in [0.4, 0.5) is 34.5 Å². The molecule has 12 heterocycles. The fourth-order valence-electron chi connectivity index (χ4n) is 15.8. The predicted octanol–water partition coefficient (Wildman–Crippen LogP) is 14.0. The van der Waals surface area contributed by atoms with Crippen LogP contribution in [0.15, 0.2) is 196 Å². The zero-order valence-electron chi connectivity index (χ0n) is 76.5. The van der Waals surface area contributed by atoms with Gasteiger partial charge in [0.2, 0.25) is 17.7 Å². The van der Waals surface area contributed by atoms with Crippen molar-refractivity contribution >= 4 is 103 Å². The van der Waals surface area contributed by atoms with Gasteiger partial charge in [-0.1, -0.05) is 128 Å². The van der Waals surface area contributed by atoms with Crippen molar-refractivity contribution in [3.8, 4) is 50.8 Å². The number of nitrogens with two attached hydrogens (primary N) is 3. The van der Waals surface area contributed by atoms with E-state index in [2.05, 4.69) is 85.9 Å². The highest BCUT2D eigenvalue weighted by atomic mass is 16.5. The number of morpholine rings is 1. The first-order chi connectivity index (χ1) is 64.3. The van der Waals surface area contributed by atoms with Gasteiger partial charge >= 0.3 is 0 Å². The Morgan fingerprint density at radius 3 is 1.06 bits per heavy atom. The quantitative estimate of drug-likeness (QED) is 0.0331. The molecule has 690 valence electrons. The van der Waals surface area contributed by atoms with Crippen molar-refractivity contribution in [2.45, 2.75) is 143 Å². The number of carbonyl (C=O) groups is 6. The van der Waals surface area contributed by atoms with Gasteiger partial charge in [-0.05, 0) is 147 Å². The number of fused-ring (bicyclic) bond motifs is 3. The first kappa shape index (κ1) is 92.0. The molecule has 0 saturated carbocycles. The fourth-order valence-corrected chi connectivity index (χ4v) is 15.8. The molecule has 9 aromatic heterocycles. The van der Waals surface area contributed by atoms with Crippen LogP contribution < -0.4 is 43.9 Å². The summed E-state index contributed by atoms with van der Waals surface area (Å²) in [6.45, 7) is 28.1. The number of hydrazine groups is 1. The van der Waals surface area contributed by atoms with E-state index in [9.17, 15) is 28.8 Å². The molecule has 0 radical (unpaired) electrons. The highest BCUT2D eigenvalue weighted by molar-refractivity contribution is 6.04. The molecule has 3 aliphatic rings. The predicted molar refractivity (Wildman–Crippen MR) is 507 cm³/mol. The zero-order chi connectivity index (χ0) is 94.3. The number of benzene rings is 6. The number of nitrogens with zero attached hydrogens (tertiary/aromatic N) is 17. The molecule has 36 nitrogen and oxygen atoms in total. The average molecular weight is 1810 g/mol. The van der Waals surface area contributed by atoms with E-state index in [-0.39, 0.29) is 82.8 Å². The summed E-state index contributed by atoms with van der Waals surface area (Å²) in [7, 11) is 0. The minimum absolute atomic E-state index is 0.0508. The van der Waals surface area contributed by atoms with Crippen molar-refractivity contribution < 1.29 is 51.8 Å². The third kappa shape index (κ3) is 21.5. The van der Waals surface area contributed by atoms with E-state index in [0.717, 1.165) is 84.1 Å². The second-order valence-electron chi connectivity index (χ2n) is 36.8. The second kappa shape index (κ2) is 39.4. The first-order valence-corrected chi connectivity index (χ1v) is 44.5. The number of ether oxygens (including phenoxy) is 2. The lowest BCUT2D eigenvalue weighted by Crippen LogP contribution is -2.48. The van der Waals surface area contributed by atoms with E-state index in [0.29, 0.717) is 170 Å². The lowest BCUT2D eigenvalue weighted by molar-refractivity contribution is -0.116. The Balaban J connectivity index is 0.000000146. The Kier molecular flexibility index (Phi) is 27.0. The molecule has 3 aliphatic heterocycles. The van der Waals surface area contributed by atoms with E-state index in [1.54, 1.807) is 74.7 Å². The minimum atomic E-state index is -0.207. The summed E-state index contributed by atoms with van der Waals surface area (Å²) in [4.78, 5) is 105. The SMILES string of the molecule is CC(C)(C)c1cc(CC(=O)Nc2ccc(-n3nc(-c4ccc(C(=O)NC5CCOCC5)cc4)c4c(N)ncnc43)cc2)no1.CC(C)(C)c1cc(CC(=O)Nc2ccc(-n3nc(-c4ccc(C(=O)NN5CCOCC5)cc4)c4c(N)ncnc43)cc2)no1.CC(C)C1CCN(C(=O)c2ccc(-c3nn(-c4ccc(NC(=O)Cc5cc(C(C)(C)C)on5)cc4)c4ncnc(N)c34)cc2)CC1. The minimum Gasteiger partial charge on any atom is -0.383 e. The van der Waals surface area contributed by atoms with Crippen LogP contribution in [0, 0.1) is 11.8 Å². The molecule has 6 aromatic carbocycles. The summed E-state index contributed by atoms with van der Waals surface area (Å²) in [5, 5.41) is 42.1. The summed E-state index contributed by atoms with van der Waals surface area (Å²) in [6, 6.07) is 49.2. The second-order valence-corrected chi connectivity index (χ2v) is 36.8. The van der Waals surface area contributed by atoms with Gasteiger partial charge < -0.3 is 66.4 Å².